The summed E-state index contributed by atoms with van der Waals surface area (Å²) >= 11 is 3.36. The Bertz CT molecular complexity index is 743. The van der Waals surface area contributed by atoms with Gasteiger partial charge in [-0.1, -0.05) is 28.1 Å². The third-order valence-electron chi connectivity index (χ3n) is 3.19. The summed E-state index contributed by atoms with van der Waals surface area (Å²) in [7, 11) is -3.58. The quantitative estimate of drug-likeness (QED) is 0.812. The number of anilines is 1. The van der Waals surface area contributed by atoms with E-state index in [0.29, 0.717) is 11.3 Å². The number of nitrogen functional groups attached to an aromatic ring is 1. The van der Waals surface area contributed by atoms with Gasteiger partial charge in [0.1, 0.15) is 0 Å². The van der Waals surface area contributed by atoms with Crippen LogP contribution in [0.4, 0.5) is 5.69 Å². The van der Waals surface area contributed by atoms with Gasteiger partial charge in [0.05, 0.1) is 4.90 Å². The molecule has 4 nitrogen and oxygen atoms in total. The molecule has 0 bridgehead atoms. The van der Waals surface area contributed by atoms with E-state index in [4.69, 9.17) is 5.73 Å². The van der Waals surface area contributed by atoms with Crippen molar-refractivity contribution in [1.29, 1.82) is 0 Å². The van der Waals surface area contributed by atoms with E-state index >= 15 is 0 Å². The van der Waals surface area contributed by atoms with E-state index in [9.17, 15) is 8.42 Å². The predicted molar refractivity (Wildman–Crippen MR) is 88.5 cm³/mol. The molecule has 0 aromatic heterocycles. The third-order valence-corrected chi connectivity index (χ3v) is 5.42. The lowest BCUT2D eigenvalue weighted by Gasteiger charge is -2.16. The van der Waals surface area contributed by atoms with E-state index in [2.05, 4.69) is 20.7 Å². The van der Waals surface area contributed by atoms with Crippen molar-refractivity contribution < 1.29 is 8.42 Å². The minimum absolute atomic E-state index is 0.251. The summed E-state index contributed by atoms with van der Waals surface area (Å²) in [5.41, 5.74) is 7.73. The lowest BCUT2D eigenvalue weighted by Crippen LogP contribution is -2.27. The Morgan fingerprint density at radius 3 is 2.33 bits per heavy atom. The third kappa shape index (κ3) is 3.84. The Kier molecular flexibility index (Phi) is 4.70. The number of hydrogen-bond donors (Lipinski definition) is 2. The molecule has 2 rings (SSSR count). The molecule has 0 saturated heterocycles. The summed E-state index contributed by atoms with van der Waals surface area (Å²) in [5.74, 6) is 0. The topological polar surface area (TPSA) is 72.2 Å². The number of aryl methyl sites for hydroxylation is 1. The van der Waals surface area contributed by atoms with E-state index in [1.807, 2.05) is 31.2 Å². The maximum atomic E-state index is 12.5. The maximum absolute atomic E-state index is 12.5. The maximum Gasteiger partial charge on any atom is 0.241 e. The number of nitrogens with one attached hydrogen (secondary N) is 1. The van der Waals surface area contributed by atoms with Crippen LogP contribution in [0.15, 0.2) is 51.8 Å². The standard InChI is InChI=1S/C15H17BrN2O2S/c1-10-9-14(17)7-8-15(10)21(19,20)18-11(2)12-3-5-13(16)6-4-12/h3-9,11,18H,17H2,1-2H3/t11-/m0/s1. The molecule has 0 unspecified atom stereocenters. The lowest BCUT2D eigenvalue weighted by atomic mass is 10.1. The van der Waals surface area contributed by atoms with Crippen molar-refractivity contribution in [3.05, 3.63) is 58.1 Å². The summed E-state index contributed by atoms with van der Waals surface area (Å²) in [6.07, 6.45) is 0. The van der Waals surface area contributed by atoms with E-state index in [1.54, 1.807) is 19.1 Å². The van der Waals surface area contributed by atoms with Crippen molar-refractivity contribution in [3.63, 3.8) is 0 Å². The molecule has 0 aliphatic carbocycles. The largest absolute Gasteiger partial charge is 0.399 e. The van der Waals surface area contributed by atoms with Gasteiger partial charge in [0, 0.05) is 16.2 Å². The fourth-order valence-electron chi connectivity index (χ4n) is 2.09. The van der Waals surface area contributed by atoms with Crippen LogP contribution in [0.2, 0.25) is 0 Å². The molecule has 2 aromatic rings. The molecule has 112 valence electrons. The molecule has 0 spiro atoms. The lowest BCUT2D eigenvalue weighted by molar-refractivity contribution is 0.566. The van der Waals surface area contributed by atoms with E-state index in [1.165, 1.54) is 6.07 Å². The van der Waals surface area contributed by atoms with Gasteiger partial charge >= 0.3 is 0 Å². The summed E-state index contributed by atoms with van der Waals surface area (Å²) in [4.78, 5) is 0.251. The Balaban J connectivity index is 2.26. The highest BCUT2D eigenvalue weighted by atomic mass is 79.9. The van der Waals surface area contributed by atoms with Gasteiger partial charge in [0.15, 0.2) is 0 Å². The van der Waals surface area contributed by atoms with Gasteiger partial charge in [-0.05, 0) is 55.3 Å². The second-order valence-corrected chi connectivity index (χ2v) is 7.52. The summed E-state index contributed by atoms with van der Waals surface area (Å²) in [6, 6.07) is 12.0. The van der Waals surface area contributed by atoms with Crippen molar-refractivity contribution >= 4 is 31.6 Å². The van der Waals surface area contributed by atoms with Crippen LogP contribution < -0.4 is 10.5 Å². The summed E-state index contributed by atoms with van der Waals surface area (Å²) in [5, 5.41) is 0. The average molecular weight is 369 g/mol. The van der Waals surface area contributed by atoms with Gasteiger partial charge in [-0.2, -0.15) is 0 Å². The zero-order valence-electron chi connectivity index (χ0n) is 11.8. The summed E-state index contributed by atoms with van der Waals surface area (Å²) in [6.45, 7) is 3.54. The zero-order chi connectivity index (χ0) is 15.6. The van der Waals surface area contributed by atoms with E-state index in [-0.39, 0.29) is 10.9 Å². The van der Waals surface area contributed by atoms with E-state index in [0.717, 1.165) is 10.0 Å². The smallest absolute Gasteiger partial charge is 0.241 e. The molecule has 0 heterocycles. The summed E-state index contributed by atoms with van der Waals surface area (Å²) < 4.78 is 28.5. The van der Waals surface area contributed by atoms with Crippen molar-refractivity contribution in [2.24, 2.45) is 0 Å². The first kappa shape index (κ1) is 16.0. The van der Waals surface area contributed by atoms with Crippen molar-refractivity contribution in [1.82, 2.24) is 4.72 Å². The Morgan fingerprint density at radius 1 is 1.14 bits per heavy atom. The Labute approximate surface area is 133 Å². The van der Waals surface area contributed by atoms with Crippen LogP contribution >= 0.6 is 15.9 Å². The molecule has 0 saturated carbocycles. The van der Waals surface area contributed by atoms with Crippen LogP contribution in [0.5, 0.6) is 0 Å². The number of benzene rings is 2. The van der Waals surface area contributed by atoms with Crippen LogP contribution in [0.1, 0.15) is 24.1 Å². The second-order valence-electron chi connectivity index (χ2n) is 4.92. The monoisotopic (exact) mass is 368 g/mol. The van der Waals surface area contributed by atoms with Crippen molar-refractivity contribution in [2.75, 3.05) is 5.73 Å². The SMILES string of the molecule is Cc1cc(N)ccc1S(=O)(=O)N[C@@H](C)c1ccc(Br)cc1. The van der Waals surface area contributed by atoms with Gasteiger partial charge in [-0.25, -0.2) is 13.1 Å². The average Bonchev–Trinajstić information content (AvgIpc) is 2.38. The molecule has 3 N–H and O–H groups in total. The molecular weight excluding hydrogens is 352 g/mol. The van der Waals surface area contributed by atoms with Crippen LogP contribution in [-0.4, -0.2) is 8.42 Å². The molecule has 21 heavy (non-hydrogen) atoms. The predicted octanol–water partition coefficient (Wildman–Crippen LogP) is 3.38. The van der Waals surface area contributed by atoms with Crippen LogP contribution in [0.3, 0.4) is 0 Å². The molecule has 0 radical (unpaired) electrons. The minimum atomic E-state index is -3.58. The normalized spacial score (nSPS) is 13.1. The zero-order valence-corrected chi connectivity index (χ0v) is 14.2. The van der Waals surface area contributed by atoms with Crippen molar-refractivity contribution in [2.45, 2.75) is 24.8 Å². The molecule has 0 aliphatic rings. The Morgan fingerprint density at radius 2 is 1.76 bits per heavy atom. The highest BCUT2D eigenvalue weighted by molar-refractivity contribution is 9.10. The molecule has 0 amide bonds. The molecule has 6 heteroatoms. The fourth-order valence-corrected chi connectivity index (χ4v) is 3.81. The fraction of sp³-hybridized carbons (Fsp3) is 0.200. The van der Waals surface area contributed by atoms with Gasteiger partial charge in [0.2, 0.25) is 10.0 Å². The highest BCUT2D eigenvalue weighted by Crippen LogP contribution is 2.22. The first-order valence-electron chi connectivity index (χ1n) is 6.43. The number of sulfonamides is 1. The minimum Gasteiger partial charge on any atom is -0.399 e. The Hall–Kier alpha value is -1.37. The number of halogens is 1. The van der Waals surface area contributed by atoms with Crippen LogP contribution in [0.25, 0.3) is 0 Å². The van der Waals surface area contributed by atoms with Gasteiger partial charge in [0.25, 0.3) is 0 Å². The number of rotatable bonds is 4. The highest BCUT2D eigenvalue weighted by Gasteiger charge is 2.20. The molecular formula is C15H17BrN2O2S. The number of hydrogen-bond acceptors (Lipinski definition) is 3. The molecule has 2 aromatic carbocycles. The first-order chi connectivity index (χ1) is 9.79. The van der Waals surface area contributed by atoms with Gasteiger partial charge in [-0.15, -0.1) is 0 Å². The number of nitrogens with two attached hydrogens (primary N) is 1. The molecule has 0 aliphatic heterocycles. The van der Waals surface area contributed by atoms with Crippen LogP contribution in [-0.2, 0) is 10.0 Å². The van der Waals surface area contributed by atoms with E-state index < -0.39 is 10.0 Å². The molecule has 0 fully saturated rings. The van der Waals surface area contributed by atoms with Crippen molar-refractivity contribution in [3.8, 4) is 0 Å². The first-order valence-corrected chi connectivity index (χ1v) is 8.71. The molecule has 1 atom stereocenters. The second kappa shape index (κ2) is 6.17. The van der Waals surface area contributed by atoms with Gasteiger partial charge in [-0.3, -0.25) is 0 Å². The van der Waals surface area contributed by atoms with Crippen LogP contribution in [0, 0.1) is 6.92 Å². The van der Waals surface area contributed by atoms with Gasteiger partial charge < -0.3 is 5.73 Å².